The number of carbonyl (C=O) groups is 2. The van der Waals surface area contributed by atoms with Crippen molar-refractivity contribution in [2.45, 2.75) is 6.42 Å². The highest BCUT2D eigenvalue weighted by Crippen LogP contribution is 2.18. The van der Waals surface area contributed by atoms with Gasteiger partial charge in [-0.2, -0.15) is 0 Å². The Morgan fingerprint density at radius 1 is 1.19 bits per heavy atom. The summed E-state index contributed by atoms with van der Waals surface area (Å²) >= 11 is 4.57. The average Bonchev–Trinajstić information content (AvgIpc) is 3.02. The van der Waals surface area contributed by atoms with E-state index in [1.807, 2.05) is 12.1 Å². The van der Waals surface area contributed by atoms with E-state index in [-0.39, 0.29) is 23.8 Å². The minimum atomic E-state index is -0.388. The van der Waals surface area contributed by atoms with Crippen LogP contribution < -0.4 is 16.2 Å². The molecule has 0 aliphatic heterocycles. The number of thiazole rings is 1. The van der Waals surface area contributed by atoms with E-state index in [2.05, 4.69) is 36.5 Å². The average molecular weight is 433 g/mol. The number of anilines is 2. The Bertz CT molecular complexity index is 994. The van der Waals surface area contributed by atoms with E-state index in [4.69, 9.17) is 0 Å². The number of pyridine rings is 1. The van der Waals surface area contributed by atoms with Crippen LogP contribution in [0.5, 0.6) is 0 Å². The van der Waals surface area contributed by atoms with Gasteiger partial charge in [-0.1, -0.05) is 22.0 Å². The number of hydrogen-bond acceptors (Lipinski definition) is 5. The van der Waals surface area contributed by atoms with Crippen molar-refractivity contribution in [3.8, 4) is 0 Å². The lowest BCUT2D eigenvalue weighted by molar-refractivity contribution is -0.115. The van der Waals surface area contributed by atoms with Gasteiger partial charge >= 0.3 is 0 Å². The van der Waals surface area contributed by atoms with E-state index in [9.17, 15) is 14.4 Å². The van der Waals surface area contributed by atoms with Crippen molar-refractivity contribution in [2.24, 2.45) is 0 Å². The molecule has 0 spiro atoms. The first-order valence-corrected chi connectivity index (χ1v) is 9.17. The molecule has 7 nitrogen and oxygen atoms in total. The zero-order chi connectivity index (χ0) is 18.5. The predicted octanol–water partition coefficient (Wildman–Crippen LogP) is 3.03. The molecule has 0 fully saturated rings. The molecule has 2 amide bonds. The van der Waals surface area contributed by atoms with Gasteiger partial charge < -0.3 is 10.3 Å². The van der Waals surface area contributed by atoms with Gasteiger partial charge in [0.05, 0.1) is 17.7 Å². The molecule has 0 atom stereocenters. The van der Waals surface area contributed by atoms with Crippen molar-refractivity contribution >= 4 is 49.9 Å². The molecule has 9 heteroatoms. The monoisotopic (exact) mass is 432 g/mol. The van der Waals surface area contributed by atoms with Crippen LogP contribution in [0.25, 0.3) is 0 Å². The Balaban J connectivity index is 1.59. The summed E-state index contributed by atoms with van der Waals surface area (Å²) in [7, 11) is 0. The molecule has 26 heavy (non-hydrogen) atoms. The van der Waals surface area contributed by atoms with Gasteiger partial charge in [0.2, 0.25) is 11.5 Å². The summed E-state index contributed by atoms with van der Waals surface area (Å²) in [5, 5.41) is 7.52. The summed E-state index contributed by atoms with van der Waals surface area (Å²) in [6.45, 7) is 0. The number of amides is 2. The molecule has 2 aromatic heterocycles. The molecular weight excluding hydrogens is 420 g/mol. The number of nitrogens with one attached hydrogen (secondary N) is 3. The fraction of sp³-hybridized carbons (Fsp3) is 0.0588. The maximum atomic E-state index is 12.1. The zero-order valence-corrected chi connectivity index (χ0v) is 15.7. The molecule has 0 unspecified atom stereocenters. The second-order valence-electron chi connectivity index (χ2n) is 5.28. The minimum absolute atomic E-state index is 0.0948. The van der Waals surface area contributed by atoms with Crippen molar-refractivity contribution in [3.05, 3.63) is 74.1 Å². The first kappa shape index (κ1) is 18.0. The number of hydrogen-bond donors (Lipinski definition) is 3. The van der Waals surface area contributed by atoms with Crippen LogP contribution in [0.15, 0.2) is 57.2 Å². The topological polar surface area (TPSA) is 104 Å². The lowest BCUT2D eigenvalue weighted by atomic mass is 10.3. The molecule has 0 aliphatic rings. The molecule has 3 N–H and O–H groups in total. The number of H-pyrrole nitrogens is 1. The standard InChI is InChI=1S/C17H13BrN4O3S/c18-11-2-1-3-12(6-11)20-15(24)7-13-9-26-17(21-13)22-16(25)10-4-5-14(23)19-8-10/h1-6,8-9H,7H2,(H,19,23)(H,20,24)(H,21,22,25). The van der Waals surface area contributed by atoms with E-state index in [1.165, 1.54) is 29.7 Å². The molecule has 0 saturated carbocycles. The van der Waals surface area contributed by atoms with Crippen LogP contribution in [-0.2, 0) is 11.2 Å². The van der Waals surface area contributed by atoms with Gasteiger partial charge in [0.25, 0.3) is 5.91 Å². The van der Waals surface area contributed by atoms with Crippen molar-refractivity contribution in [3.63, 3.8) is 0 Å². The summed E-state index contributed by atoms with van der Waals surface area (Å²) in [6, 6.07) is 9.98. The number of carbonyl (C=O) groups excluding carboxylic acids is 2. The molecule has 0 saturated heterocycles. The fourth-order valence-electron chi connectivity index (χ4n) is 2.10. The molecule has 0 bridgehead atoms. The maximum Gasteiger partial charge on any atom is 0.258 e. The third-order valence-corrected chi connectivity index (χ3v) is 4.57. The number of aromatic nitrogens is 2. The van der Waals surface area contributed by atoms with Gasteiger partial charge in [0.1, 0.15) is 0 Å². The van der Waals surface area contributed by atoms with Crippen molar-refractivity contribution in [1.29, 1.82) is 0 Å². The Labute approximate surface area is 160 Å². The Morgan fingerprint density at radius 2 is 2.04 bits per heavy atom. The number of nitrogens with zero attached hydrogens (tertiary/aromatic N) is 1. The molecule has 3 rings (SSSR count). The SMILES string of the molecule is O=C(Cc1csc(NC(=O)c2ccc(=O)[nH]c2)n1)Nc1cccc(Br)c1. The van der Waals surface area contributed by atoms with Gasteiger partial charge in [-0.15, -0.1) is 11.3 Å². The number of aromatic amines is 1. The zero-order valence-electron chi connectivity index (χ0n) is 13.3. The van der Waals surface area contributed by atoms with Crippen LogP contribution in [0.2, 0.25) is 0 Å². The van der Waals surface area contributed by atoms with Crippen molar-refractivity contribution in [2.75, 3.05) is 10.6 Å². The first-order chi connectivity index (χ1) is 12.5. The van der Waals surface area contributed by atoms with Crippen LogP contribution in [0, 0.1) is 0 Å². The van der Waals surface area contributed by atoms with Crippen molar-refractivity contribution < 1.29 is 9.59 Å². The van der Waals surface area contributed by atoms with Crippen LogP contribution in [0.3, 0.4) is 0 Å². The van der Waals surface area contributed by atoms with Crippen LogP contribution >= 0.6 is 27.3 Å². The van der Waals surface area contributed by atoms with Gasteiger partial charge in [-0.25, -0.2) is 4.98 Å². The molecule has 0 radical (unpaired) electrons. The van der Waals surface area contributed by atoms with Crippen LogP contribution in [0.4, 0.5) is 10.8 Å². The molecule has 0 aliphatic carbocycles. The fourth-order valence-corrected chi connectivity index (χ4v) is 3.21. The van der Waals surface area contributed by atoms with Gasteiger partial charge in [-0.3, -0.25) is 19.7 Å². The summed E-state index contributed by atoms with van der Waals surface area (Å²) in [5.74, 6) is -0.590. The largest absolute Gasteiger partial charge is 0.328 e. The lowest BCUT2D eigenvalue weighted by Crippen LogP contribution is -2.15. The summed E-state index contributed by atoms with van der Waals surface area (Å²) in [5.41, 5.74) is 1.27. The normalized spacial score (nSPS) is 10.3. The Morgan fingerprint density at radius 3 is 2.77 bits per heavy atom. The van der Waals surface area contributed by atoms with Crippen molar-refractivity contribution in [1.82, 2.24) is 9.97 Å². The highest BCUT2D eigenvalue weighted by molar-refractivity contribution is 9.10. The number of rotatable bonds is 5. The summed E-state index contributed by atoms with van der Waals surface area (Å²) in [4.78, 5) is 41.9. The summed E-state index contributed by atoms with van der Waals surface area (Å²) in [6.07, 6.45) is 1.43. The minimum Gasteiger partial charge on any atom is -0.328 e. The van der Waals surface area contributed by atoms with E-state index in [0.717, 1.165) is 4.47 Å². The van der Waals surface area contributed by atoms with E-state index in [0.29, 0.717) is 22.1 Å². The predicted molar refractivity (Wildman–Crippen MR) is 104 cm³/mol. The Kier molecular flexibility index (Phi) is 5.59. The van der Waals surface area contributed by atoms with E-state index in [1.54, 1.807) is 17.5 Å². The van der Waals surface area contributed by atoms with E-state index < -0.39 is 0 Å². The van der Waals surface area contributed by atoms with Gasteiger partial charge in [0, 0.05) is 27.8 Å². The second-order valence-corrected chi connectivity index (χ2v) is 7.05. The number of benzene rings is 1. The first-order valence-electron chi connectivity index (χ1n) is 7.49. The Hall–Kier alpha value is -2.78. The highest BCUT2D eigenvalue weighted by atomic mass is 79.9. The quantitative estimate of drug-likeness (QED) is 0.576. The summed E-state index contributed by atoms with van der Waals surface area (Å²) < 4.78 is 0.871. The molecule has 3 aromatic rings. The lowest BCUT2D eigenvalue weighted by Gasteiger charge is -2.04. The third-order valence-electron chi connectivity index (χ3n) is 3.27. The van der Waals surface area contributed by atoms with E-state index >= 15 is 0 Å². The second kappa shape index (κ2) is 8.07. The van der Waals surface area contributed by atoms with Gasteiger partial charge in [0.15, 0.2) is 5.13 Å². The van der Waals surface area contributed by atoms with Gasteiger partial charge in [-0.05, 0) is 24.3 Å². The smallest absolute Gasteiger partial charge is 0.258 e. The maximum absolute atomic E-state index is 12.1. The molecule has 2 heterocycles. The third kappa shape index (κ3) is 4.87. The molecule has 1 aromatic carbocycles. The highest BCUT2D eigenvalue weighted by Gasteiger charge is 2.11. The molecular formula is C17H13BrN4O3S. The molecule has 132 valence electrons. The van der Waals surface area contributed by atoms with Crippen LogP contribution in [0.1, 0.15) is 16.1 Å². The van der Waals surface area contributed by atoms with Crippen LogP contribution in [-0.4, -0.2) is 21.8 Å². The number of halogens is 1.